The molecule has 2 aliphatic heterocycles. The third kappa shape index (κ3) is 7.10. The molecule has 40 heavy (non-hydrogen) atoms. The van der Waals surface area contributed by atoms with E-state index in [1.165, 1.54) is 6.07 Å². The van der Waals surface area contributed by atoms with Crippen LogP contribution >= 0.6 is 50.2 Å². The maximum absolute atomic E-state index is 15.6. The molecule has 1 fully saturated rings. The van der Waals surface area contributed by atoms with Gasteiger partial charge in [0, 0.05) is 35.8 Å². The highest BCUT2D eigenvalue weighted by Gasteiger charge is 2.66. The van der Waals surface area contributed by atoms with Gasteiger partial charge in [0.25, 0.3) is 0 Å². The van der Waals surface area contributed by atoms with E-state index >= 15 is 4.39 Å². The van der Waals surface area contributed by atoms with Crippen LogP contribution < -0.4 is 16.0 Å². The zero-order valence-corrected chi connectivity index (χ0v) is 25.1. The second kappa shape index (κ2) is 15.1. The van der Waals surface area contributed by atoms with Crippen molar-refractivity contribution >= 4 is 67.7 Å². The SMILES string of the molecule is C.C.CC(C)(C)C[C@H]1N[C@@H](C(=O)NCCCCO)[C@H](c2cccc(Cl)c2F)[C@@]12C(=O)Nc1cc(Cl)ccc12.S.S. The molecule has 0 unspecified atom stereocenters. The van der Waals surface area contributed by atoms with Gasteiger partial charge in [0.05, 0.1) is 11.1 Å². The molecule has 2 aliphatic rings. The van der Waals surface area contributed by atoms with Crippen LogP contribution in [0.3, 0.4) is 0 Å². The molecule has 1 spiro atoms. The van der Waals surface area contributed by atoms with E-state index in [9.17, 15) is 9.59 Å². The molecule has 0 aromatic heterocycles. The van der Waals surface area contributed by atoms with Crippen molar-refractivity contribution in [3.63, 3.8) is 0 Å². The van der Waals surface area contributed by atoms with Crippen LogP contribution in [0.2, 0.25) is 10.0 Å². The van der Waals surface area contributed by atoms with Gasteiger partial charge in [-0.3, -0.25) is 9.59 Å². The minimum atomic E-state index is -1.27. The van der Waals surface area contributed by atoms with E-state index < -0.39 is 29.2 Å². The Kier molecular flexibility index (Phi) is 14.6. The Labute approximate surface area is 262 Å². The molecule has 11 heteroatoms. The lowest BCUT2D eigenvalue weighted by Gasteiger charge is -2.37. The van der Waals surface area contributed by atoms with Crippen molar-refractivity contribution in [3.8, 4) is 0 Å². The molecular weight excluding hydrogens is 592 g/mol. The van der Waals surface area contributed by atoms with Crippen LogP contribution in [0, 0.1) is 11.2 Å². The van der Waals surface area contributed by atoms with Crippen LogP contribution in [-0.2, 0) is 15.0 Å². The maximum atomic E-state index is 15.6. The number of aliphatic hydroxyl groups is 1. The Morgan fingerprint density at radius 3 is 2.42 bits per heavy atom. The van der Waals surface area contributed by atoms with E-state index in [1.54, 1.807) is 30.3 Å². The average molecular weight is 637 g/mol. The number of hydrogen-bond acceptors (Lipinski definition) is 4. The van der Waals surface area contributed by atoms with Crippen molar-refractivity contribution in [1.82, 2.24) is 10.6 Å². The van der Waals surface area contributed by atoms with Crippen molar-refractivity contribution in [1.29, 1.82) is 0 Å². The Morgan fingerprint density at radius 1 is 1.12 bits per heavy atom. The van der Waals surface area contributed by atoms with Gasteiger partial charge in [-0.05, 0) is 54.0 Å². The van der Waals surface area contributed by atoms with E-state index in [4.69, 9.17) is 28.3 Å². The molecule has 4 atom stereocenters. The molecule has 0 saturated carbocycles. The van der Waals surface area contributed by atoms with Crippen LogP contribution in [0.25, 0.3) is 0 Å². The van der Waals surface area contributed by atoms with Crippen molar-refractivity contribution in [3.05, 3.63) is 63.4 Å². The number of carbonyl (C=O) groups is 2. The lowest BCUT2D eigenvalue weighted by Crippen LogP contribution is -2.49. The molecule has 4 rings (SSSR count). The number of anilines is 1. The van der Waals surface area contributed by atoms with Crippen LogP contribution in [0.15, 0.2) is 36.4 Å². The first-order valence-electron chi connectivity index (χ1n) is 12.2. The molecule has 0 radical (unpaired) electrons. The minimum Gasteiger partial charge on any atom is -0.396 e. The summed E-state index contributed by atoms with van der Waals surface area (Å²) in [5, 5.41) is 18.8. The van der Waals surface area contributed by atoms with E-state index in [2.05, 4.69) is 36.7 Å². The summed E-state index contributed by atoms with van der Waals surface area (Å²) in [7, 11) is 0. The first-order valence-corrected chi connectivity index (χ1v) is 13.0. The predicted octanol–water partition coefficient (Wildman–Crippen LogP) is 6.27. The van der Waals surface area contributed by atoms with Gasteiger partial charge in [-0.15, -0.1) is 0 Å². The number of halogens is 3. The van der Waals surface area contributed by atoms with Gasteiger partial charge in [-0.1, -0.05) is 77.0 Å². The van der Waals surface area contributed by atoms with Crippen LogP contribution in [0.5, 0.6) is 0 Å². The van der Waals surface area contributed by atoms with Crippen molar-refractivity contribution in [2.24, 2.45) is 5.41 Å². The number of benzene rings is 2. The van der Waals surface area contributed by atoms with Crippen molar-refractivity contribution < 1.29 is 19.1 Å². The molecule has 4 N–H and O–H groups in total. The number of unbranched alkanes of at least 4 members (excludes halogenated alkanes) is 1. The summed E-state index contributed by atoms with van der Waals surface area (Å²) in [5.41, 5.74) is -0.0290. The van der Waals surface area contributed by atoms with E-state index in [0.29, 0.717) is 42.1 Å². The fourth-order valence-electron chi connectivity index (χ4n) is 5.71. The van der Waals surface area contributed by atoms with Crippen molar-refractivity contribution in [2.45, 2.75) is 78.3 Å². The molecule has 2 aromatic carbocycles. The zero-order chi connectivity index (χ0) is 26.3. The van der Waals surface area contributed by atoms with Gasteiger partial charge < -0.3 is 21.1 Å². The topological polar surface area (TPSA) is 90.5 Å². The molecule has 0 bridgehead atoms. The van der Waals surface area contributed by atoms with Gasteiger partial charge in [-0.25, -0.2) is 4.39 Å². The second-order valence-electron chi connectivity index (χ2n) is 10.8. The first-order chi connectivity index (χ1) is 17.0. The van der Waals surface area contributed by atoms with Gasteiger partial charge in [0.15, 0.2) is 0 Å². The molecule has 2 aromatic rings. The Balaban J connectivity index is 0.00000380. The van der Waals surface area contributed by atoms with Crippen molar-refractivity contribution in [2.75, 3.05) is 18.5 Å². The summed E-state index contributed by atoms with van der Waals surface area (Å²) in [4.78, 5) is 27.6. The van der Waals surface area contributed by atoms with Gasteiger partial charge in [0.1, 0.15) is 11.2 Å². The average Bonchev–Trinajstić information content (AvgIpc) is 3.27. The number of nitrogens with one attached hydrogen (secondary N) is 3. The van der Waals surface area contributed by atoms with Crippen LogP contribution in [0.4, 0.5) is 10.1 Å². The van der Waals surface area contributed by atoms with Gasteiger partial charge in [-0.2, -0.15) is 27.0 Å². The number of hydrogen-bond donors (Lipinski definition) is 4. The largest absolute Gasteiger partial charge is 0.396 e. The number of fused-ring (bicyclic) bond motifs is 2. The molecule has 0 aliphatic carbocycles. The van der Waals surface area contributed by atoms with E-state index in [0.717, 1.165) is 0 Å². The summed E-state index contributed by atoms with van der Waals surface area (Å²) < 4.78 is 15.6. The summed E-state index contributed by atoms with van der Waals surface area (Å²) in [6.45, 7) is 6.58. The number of aliphatic hydroxyl groups excluding tert-OH is 1. The number of rotatable bonds is 7. The zero-order valence-electron chi connectivity index (χ0n) is 21.6. The summed E-state index contributed by atoms with van der Waals surface area (Å²) in [5.74, 6) is -2.15. The fraction of sp³-hybridized carbons (Fsp3) is 0.517. The quantitative estimate of drug-likeness (QED) is 0.270. The Bertz CT molecular complexity index is 1180. The normalized spacial score (nSPS) is 22.7. The molecular formula is C29H44Cl2FN3O3S2. The monoisotopic (exact) mass is 635 g/mol. The molecule has 2 amide bonds. The molecule has 6 nitrogen and oxygen atoms in total. The maximum Gasteiger partial charge on any atom is 0.237 e. The summed E-state index contributed by atoms with van der Waals surface area (Å²) >= 11 is 12.4. The highest BCUT2D eigenvalue weighted by atomic mass is 35.5. The highest BCUT2D eigenvalue weighted by molar-refractivity contribution is 7.59. The fourth-order valence-corrected chi connectivity index (χ4v) is 6.06. The smallest absolute Gasteiger partial charge is 0.237 e. The molecule has 2 heterocycles. The lowest BCUT2D eigenvalue weighted by atomic mass is 9.62. The highest BCUT2D eigenvalue weighted by Crippen LogP contribution is 2.57. The lowest BCUT2D eigenvalue weighted by molar-refractivity contribution is -0.123. The van der Waals surface area contributed by atoms with E-state index in [1.807, 2.05) is 0 Å². The standard InChI is InChI=1S/C27H32Cl2FN3O3.2CH4.2H2S/c1-26(2,3)14-20-27(17-10-9-15(28)13-19(17)32-25(27)36)21(16-7-6-8-18(29)22(16)30)23(33-20)24(35)31-11-4-5-12-34;;;;/h6-10,13,20-21,23,33-34H,4-5,11-12,14H2,1-3H3,(H,31,35)(H,32,36);2*1H4;2*1H2/t20-,21+,23-,27+;;;;/m1..../s1. The van der Waals surface area contributed by atoms with Crippen LogP contribution in [0.1, 0.15) is 71.9 Å². The van der Waals surface area contributed by atoms with E-state index in [-0.39, 0.29) is 76.3 Å². The summed E-state index contributed by atoms with van der Waals surface area (Å²) in [6.07, 6.45) is 1.71. The Morgan fingerprint density at radius 2 is 1.80 bits per heavy atom. The minimum absolute atomic E-state index is 0. The number of amides is 2. The predicted molar refractivity (Wildman–Crippen MR) is 174 cm³/mol. The molecule has 1 saturated heterocycles. The third-order valence-electron chi connectivity index (χ3n) is 7.11. The van der Waals surface area contributed by atoms with Crippen LogP contribution in [-0.4, -0.2) is 42.2 Å². The van der Waals surface area contributed by atoms with Gasteiger partial charge in [0.2, 0.25) is 11.8 Å². The number of carbonyl (C=O) groups excluding carboxylic acids is 2. The van der Waals surface area contributed by atoms with Gasteiger partial charge >= 0.3 is 0 Å². The Hall–Kier alpha value is -1.49. The summed E-state index contributed by atoms with van der Waals surface area (Å²) in [6, 6.07) is 8.51. The first kappa shape index (κ1) is 38.5. The molecule has 226 valence electrons. The second-order valence-corrected chi connectivity index (χ2v) is 11.7. The third-order valence-corrected chi connectivity index (χ3v) is 7.63.